The summed E-state index contributed by atoms with van der Waals surface area (Å²) in [5.74, 6) is -1.33. The van der Waals surface area contributed by atoms with Crippen LogP contribution >= 0.6 is 0 Å². The Bertz CT molecular complexity index is 992. The first kappa shape index (κ1) is 21.6. The van der Waals surface area contributed by atoms with Gasteiger partial charge < -0.3 is 24.4 Å². The molecule has 0 saturated carbocycles. The summed E-state index contributed by atoms with van der Waals surface area (Å²) < 4.78 is 44.8. The van der Waals surface area contributed by atoms with Crippen molar-refractivity contribution in [1.82, 2.24) is 15.2 Å². The molecule has 0 spiro atoms. The predicted octanol–water partition coefficient (Wildman–Crippen LogP) is 2.53. The molecule has 2 aliphatic rings. The van der Waals surface area contributed by atoms with E-state index in [9.17, 15) is 13.6 Å². The van der Waals surface area contributed by atoms with E-state index in [1.165, 1.54) is 6.07 Å². The first-order valence-electron chi connectivity index (χ1n) is 10.3. The van der Waals surface area contributed by atoms with Gasteiger partial charge in [-0.05, 0) is 6.07 Å². The highest BCUT2D eigenvalue weighted by Crippen LogP contribution is 2.31. The number of hydrogen-bond acceptors (Lipinski definition) is 6. The average Bonchev–Trinajstić information content (AvgIpc) is 3.61. The third-order valence-corrected chi connectivity index (χ3v) is 5.12. The fraction of sp³-hybridized carbons (Fsp3) is 0.455. The molecular weight excluding hydrogens is 408 g/mol. The average molecular weight is 433 g/mol. The second-order valence-electron chi connectivity index (χ2n) is 7.48. The third-order valence-electron chi connectivity index (χ3n) is 5.12. The summed E-state index contributed by atoms with van der Waals surface area (Å²) in [5.41, 5.74) is 1.33. The zero-order valence-corrected chi connectivity index (χ0v) is 17.3. The van der Waals surface area contributed by atoms with Crippen molar-refractivity contribution in [2.45, 2.75) is 25.5 Å². The highest BCUT2D eigenvalue weighted by Gasteiger charge is 2.32. The Kier molecular flexibility index (Phi) is 6.74. The van der Waals surface area contributed by atoms with Crippen molar-refractivity contribution in [2.24, 2.45) is 0 Å². The van der Waals surface area contributed by atoms with Gasteiger partial charge >= 0.3 is 0 Å². The number of carbonyl (C=O) groups excluding carboxylic acids is 1. The highest BCUT2D eigenvalue weighted by molar-refractivity contribution is 5.86. The Balaban J connectivity index is 1.62. The van der Waals surface area contributed by atoms with Gasteiger partial charge in [-0.2, -0.15) is 0 Å². The Morgan fingerprint density at radius 2 is 2.16 bits per heavy atom. The van der Waals surface area contributed by atoms with Crippen LogP contribution in [0.4, 0.5) is 8.78 Å². The smallest absolute Gasteiger partial charge is 0.257 e. The molecule has 1 fully saturated rings. The van der Waals surface area contributed by atoms with Crippen LogP contribution in [0.3, 0.4) is 0 Å². The zero-order chi connectivity index (χ0) is 21.8. The second kappa shape index (κ2) is 9.67. The largest absolute Gasteiger partial charge is 0.493 e. The lowest BCUT2D eigenvalue weighted by molar-refractivity contribution is -0.143. The number of fused-ring (bicyclic) bond motifs is 1. The van der Waals surface area contributed by atoms with Gasteiger partial charge in [0.25, 0.3) is 5.91 Å². The quantitative estimate of drug-likeness (QED) is 0.613. The highest BCUT2D eigenvalue weighted by atomic mass is 19.1. The number of amides is 1. The molecule has 0 radical (unpaired) electrons. The van der Waals surface area contributed by atoms with Crippen LogP contribution in [0.2, 0.25) is 0 Å². The van der Waals surface area contributed by atoms with E-state index in [-0.39, 0.29) is 23.4 Å². The van der Waals surface area contributed by atoms with E-state index in [1.807, 2.05) is 6.08 Å². The lowest BCUT2D eigenvalue weighted by Crippen LogP contribution is -2.48. The van der Waals surface area contributed by atoms with Crippen molar-refractivity contribution in [1.29, 1.82) is 0 Å². The zero-order valence-electron chi connectivity index (χ0n) is 17.3. The maximum absolute atomic E-state index is 14.5. The third kappa shape index (κ3) is 5.17. The fourth-order valence-corrected chi connectivity index (χ4v) is 3.51. The fourth-order valence-electron chi connectivity index (χ4n) is 3.51. The lowest BCUT2D eigenvalue weighted by atomic mass is 10.1. The summed E-state index contributed by atoms with van der Waals surface area (Å²) in [4.78, 5) is 19.0. The number of ether oxygens (including phenoxy) is 3. The number of allylic oxidation sites excluding steroid dienone is 2. The van der Waals surface area contributed by atoms with Gasteiger partial charge in [-0.1, -0.05) is 6.08 Å². The first-order valence-corrected chi connectivity index (χ1v) is 10.3. The molecule has 1 N–H and O–H groups in total. The lowest BCUT2D eigenvalue weighted by Gasteiger charge is -2.28. The number of morpholine rings is 1. The summed E-state index contributed by atoms with van der Waals surface area (Å²) in [5, 5.41) is 3.40. The van der Waals surface area contributed by atoms with Crippen LogP contribution in [0.15, 0.2) is 30.0 Å². The molecule has 0 unspecified atom stereocenters. The minimum atomic E-state index is -0.776. The van der Waals surface area contributed by atoms with Crippen molar-refractivity contribution in [3.63, 3.8) is 0 Å². The van der Waals surface area contributed by atoms with Crippen LogP contribution in [0.5, 0.6) is 5.75 Å². The van der Waals surface area contributed by atoms with Gasteiger partial charge in [0.2, 0.25) is 0 Å². The Labute approximate surface area is 179 Å². The van der Waals surface area contributed by atoms with Crippen molar-refractivity contribution in [2.75, 3.05) is 40.0 Å². The van der Waals surface area contributed by atoms with Gasteiger partial charge in [0.05, 0.1) is 25.5 Å². The predicted molar refractivity (Wildman–Crippen MR) is 110 cm³/mol. The van der Waals surface area contributed by atoms with E-state index < -0.39 is 17.7 Å². The van der Waals surface area contributed by atoms with E-state index in [0.29, 0.717) is 57.2 Å². The number of nitrogens with zero attached hydrogens (tertiary/aromatic N) is 2. The molecule has 1 atom stereocenters. The van der Waals surface area contributed by atoms with E-state index in [1.54, 1.807) is 18.1 Å². The number of rotatable bonds is 9. The molecule has 4 rings (SSSR count). The Hall–Kier alpha value is -2.62. The number of carbonyl (C=O) groups is 1. The minimum Gasteiger partial charge on any atom is -0.493 e. The molecule has 9 heteroatoms. The molecule has 1 aliphatic heterocycles. The van der Waals surface area contributed by atoms with Crippen LogP contribution in [0, 0.1) is 11.6 Å². The summed E-state index contributed by atoms with van der Waals surface area (Å²) in [6.07, 6.45) is 2.69. The van der Waals surface area contributed by atoms with Crippen LogP contribution in [-0.4, -0.2) is 61.9 Å². The number of halogens is 2. The second-order valence-corrected chi connectivity index (χ2v) is 7.48. The number of methoxy groups -OCH3 is 1. The maximum atomic E-state index is 14.5. The maximum Gasteiger partial charge on any atom is 0.257 e. The number of hydrogen-bond donors (Lipinski definition) is 1. The van der Waals surface area contributed by atoms with Gasteiger partial charge in [-0.25, -0.2) is 13.8 Å². The molecule has 7 nitrogen and oxygen atoms in total. The van der Waals surface area contributed by atoms with Gasteiger partial charge in [-0.3, -0.25) is 4.79 Å². The van der Waals surface area contributed by atoms with E-state index in [2.05, 4.69) is 10.3 Å². The summed E-state index contributed by atoms with van der Waals surface area (Å²) in [6, 6.07) is 3.63. The molecule has 1 saturated heterocycles. The monoisotopic (exact) mass is 433 g/mol. The SMILES string of the molecule is COCCCOc1cc(CN(C(=O)[C@H]2CNCCO2)C2=CC2)nc2c(F)cc(F)cc12. The summed E-state index contributed by atoms with van der Waals surface area (Å²) >= 11 is 0. The molecule has 1 amide bonds. The van der Waals surface area contributed by atoms with Crippen molar-refractivity contribution in [3.05, 3.63) is 47.3 Å². The van der Waals surface area contributed by atoms with E-state index >= 15 is 0 Å². The Morgan fingerprint density at radius 3 is 2.87 bits per heavy atom. The molecule has 1 aromatic heterocycles. The molecular formula is C22H25F2N3O4. The van der Waals surface area contributed by atoms with Gasteiger partial charge in [0.15, 0.2) is 5.82 Å². The van der Waals surface area contributed by atoms with Gasteiger partial charge in [0, 0.05) is 62.9 Å². The molecule has 0 bridgehead atoms. The molecule has 1 aromatic carbocycles. The number of aromatic nitrogens is 1. The topological polar surface area (TPSA) is 72.9 Å². The van der Waals surface area contributed by atoms with E-state index in [0.717, 1.165) is 11.8 Å². The Morgan fingerprint density at radius 1 is 1.32 bits per heavy atom. The molecule has 1 aliphatic carbocycles. The standard InChI is InChI=1S/C22H25F2N3O4/c1-29-6-2-7-30-19-11-15(26-21-17(19)9-14(23)10-18(21)24)13-27(16-3-4-16)22(28)20-12-25-5-8-31-20/h3,9-11,20,25H,2,4-8,12-13H2,1H3/t20-/m1/s1. The number of nitrogens with one attached hydrogen (secondary N) is 1. The van der Waals surface area contributed by atoms with E-state index in [4.69, 9.17) is 14.2 Å². The summed E-state index contributed by atoms with van der Waals surface area (Å²) in [6.45, 7) is 2.58. The first-order chi connectivity index (χ1) is 15.1. The van der Waals surface area contributed by atoms with Crippen molar-refractivity contribution in [3.8, 4) is 5.75 Å². The van der Waals surface area contributed by atoms with Crippen LogP contribution in [0.25, 0.3) is 10.9 Å². The normalized spacial score (nSPS) is 18.0. The minimum absolute atomic E-state index is 0.00778. The van der Waals surface area contributed by atoms with Crippen molar-refractivity contribution < 1.29 is 27.8 Å². The van der Waals surface area contributed by atoms with Gasteiger partial charge in [-0.15, -0.1) is 0 Å². The van der Waals surface area contributed by atoms with Crippen LogP contribution in [-0.2, 0) is 20.8 Å². The van der Waals surface area contributed by atoms with Gasteiger partial charge in [0.1, 0.15) is 23.2 Å². The number of pyridine rings is 1. The molecule has 31 heavy (non-hydrogen) atoms. The molecule has 2 heterocycles. The van der Waals surface area contributed by atoms with Crippen LogP contribution < -0.4 is 10.1 Å². The number of benzene rings is 1. The van der Waals surface area contributed by atoms with Crippen molar-refractivity contribution >= 4 is 16.8 Å². The molecule has 166 valence electrons. The van der Waals surface area contributed by atoms with Crippen LogP contribution in [0.1, 0.15) is 18.5 Å². The molecule has 2 aromatic rings. The summed E-state index contributed by atoms with van der Waals surface area (Å²) in [7, 11) is 1.59.